The number of halogens is 1. The molecule has 106 valence electrons. The second-order valence-electron chi connectivity index (χ2n) is 4.16. The molecule has 0 unspecified atom stereocenters. The zero-order valence-corrected chi connectivity index (χ0v) is 11.7. The van der Waals surface area contributed by atoms with E-state index in [1.165, 1.54) is 6.20 Å². The minimum atomic E-state index is -0.347. The molecule has 0 aromatic carbocycles. The number of hydrogen-bond acceptors (Lipinski definition) is 5. The third-order valence-corrected chi connectivity index (χ3v) is 2.96. The van der Waals surface area contributed by atoms with Crippen molar-refractivity contribution >= 4 is 17.5 Å². The Bertz CT molecular complexity index is 347. The van der Waals surface area contributed by atoms with Gasteiger partial charge >= 0.3 is 0 Å². The molecule has 1 aliphatic heterocycles. The molecule has 7 heteroatoms. The third-order valence-electron chi connectivity index (χ3n) is 2.77. The molecule has 0 spiro atoms. The summed E-state index contributed by atoms with van der Waals surface area (Å²) in [5.41, 5.74) is 0.0745. The van der Waals surface area contributed by atoms with Crippen LogP contribution in [0.25, 0.3) is 0 Å². The maximum absolute atomic E-state index is 11.7. The Morgan fingerprint density at radius 1 is 1.42 bits per heavy atom. The number of alkyl halides is 1. The minimum absolute atomic E-state index is 0.0745. The molecule has 0 aliphatic carbocycles. The molecular weight excluding hydrogens is 266 g/mol. The predicted octanol–water partition coefficient (Wildman–Crippen LogP) is -0.756. The molecule has 0 aromatic heterocycles. The maximum Gasteiger partial charge on any atom is 0.263 e. The van der Waals surface area contributed by atoms with E-state index >= 15 is 0 Å². The summed E-state index contributed by atoms with van der Waals surface area (Å²) in [6.07, 6.45) is 1.41. The van der Waals surface area contributed by atoms with Crippen LogP contribution in [-0.2, 0) is 4.79 Å². The van der Waals surface area contributed by atoms with Crippen LogP contribution in [0.1, 0.15) is 0 Å². The van der Waals surface area contributed by atoms with Gasteiger partial charge in [0.05, 0.1) is 0 Å². The molecule has 3 N–H and O–H groups in total. The zero-order chi connectivity index (χ0) is 13.9. The number of rotatable bonds is 7. The van der Waals surface area contributed by atoms with Crippen molar-refractivity contribution in [3.8, 4) is 6.07 Å². The molecule has 1 fully saturated rings. The average molecular weight is 286 g/mol. The lowest BCUT2D eigenvalue weighted by molar-refractivity contribution is -0.117. The highest BCUT2D eigenvalue weighted by molar-refractivity contribution is 6.18. The van der Waals surface area contributed by atoms with Crippen molar-refractivity contribution in [3.05, 3.63) is 11.8 Å². The van der Waals surface area contributed by atoms with Gasteiger partial charge < -0.3 is 16.0 Å². The Kier molecular flexibility index (Phi) is 7.98. The van der Waals surface area contributed by atoms with Gasteiger partial charge in [-0.05, 0) is 0 Å². The molecule has 0 radical (unpaired) electrons. The summed E-state index contributed by atoms with van der Waals surface area (Å²) < 4.78 is 0. The van der Waals surface area contributed by atoms with E-state index in [0.717, 1.165) is 32.7 Å². The number of piperazine rings is 1. The molecule has 1 saturated heterocycles. The van der Waals surface area contributed by atoms with Crippen molar-refractivity contribution in [1.29, 1.82) is 5.26 Å². The van der Waals surface area contributed by atoms with Gasteiger partial charge in [0.25, 0.3) is 5.91 Å². The predicted molar refractivity (Wildman–Crippen MR) is 74.7 cm³/mol. The summed E-state index contributed by atoms with van der Waals surface area (Å²) in [5.74, 6) is 0.0829. The van der Waals surface area contributed by atoms with Gasteiger partial charge in [0.15, 0.2) is 0 Å². The van der Waals surface area contributed by atoms with E-state index in [1.807, 2.05) is 6.07 Å². The number of nitrogens with one attached hydrogen (secondary N) is 3. The summed E-state index contributed by atoms with van der Waals surface area (Å²) in [7, 11) is 0. The van der Waals surface area contributed by atoms with E-state index in [1.54, 1.807) is 0 Å². The third kappa shape index (κ3) is 6.43. The maximum atomic E-state index is 11.7. The fourth-order valence-corrected chi connectivity index (χ4v) is 1.84. The summed E-state index contributed by atoms with van der Waals surface area (Å²) in [6, 6.07) is 1.87. The van der Waals surface area contributed by atoms with Crippen LogP contribution in [0.15, 0.2) is 11.8 Å². The van der Waals surface area contributed by atoms with Crippen LogP contribution < -0.4 is 16.0 Å². The standard InChI is InChI=1S/C12H20ClN5O/c13-1-2-16-10-11(9-14)12(19)17-5-8-18-6-3-15-4-7-18/h10,15-16H,1-8H2,(H,17,19)/b11-10-. The van der Waals surface area contributed by atoms with Gasteiger partial charge in [-0.2, -0.15) is 5.26 Å². The highest BCUT2D eigenvalue weighted by Gasteiger charge is 2.11. The number of amides is 1. The first-order valence-corrected chi connectivity index (χ1v) is 6.92. The van der Waals surface area contributed by atoms with Crippen LogP contribution in [0.2, 0.25) is 0 Å². The van der Waals surface area contributed by atoms with Crippen LogP contribution in [-0.4, -0.2) is 62.5 Å². The Morgan fingerprint density at radius 3 is 2.79 bits per heavy atom. The molecule has 1 heterocycles. The molecule has 0 bridgehead atoms. The first-order chi connectivity index (χ1) is 9.27. The molecule has 19 heavy (non-hydrogen) atoms. The highest BCUT2D eigenvalue weighted by Crippen LogP contribution is 1.92. The Hall–Kier alpha value is -1.29. The normalized spacial score (nSPS) is 16.7. The van der Waals surface area contributed by atoms with Crippen LogP contribution in [0.3, 0.4) is 0 Å². The van der Waals surface area contributed by atoms with Crippen molar-refractivity contribution < 1.29 is 4.79 Å². The quantitative estimate of drug-likeness (QED) is 0.248. The van der Waals surface area contributed by atoms with Gasteiger partial charge in [-0.25, -0.2) is 0 Å². The second kappa shape index (κ2) is 9.62. The summed E-state index contributed by atoms with van der Waals surface area (Å²) >= 11 is 5.49. The number of nitriles is 1. The fraction of sp³-hybridized carbons (Fsp3) is 0.667. The summed E-state index contributed by atoms with van der Waals surface area (Å²) in [5, 5.41) is 17.7. The van der Waals surface area contributed by atoms with E-state index in [2.05, 4.69) is 20.9 Å². The molecule has 0 aromatic rings. The van der Waals surface area contributed by atoms with Crippen LogP contribution in [0.4, 0.5) is 0 Å². The molecule has 1 aliphatic rings. The van der Waals surface area contributed by atoms with Crippen LogP contribution in [0, 0.1) is 11.3 Å². The number of nitrogens with zero attached hydrogens (tertiary/aromatic N) is 2. The Labute approximate surface area is 118 Å². The van der Waals surface area contributed by atoms with Crippen molar-refractivity contribution in [1.82, 2.24) is 20.9 Å². The second-order valence-corrected chi connectivity index (χ2v) is 4.54. The molecule has 6 nitrogen and oxygen atoms in total. The lowest BCUT2D eigenvalue weighted by Gasteiger charge is -2.27. The first-order valence-electron chi connectivity index (χ1n) is 6.39. The van der Waals surface area contributed by atoms with Crippen molar-refractivity contribution in [2.24, 2.45) is 0 Å². The molecule has 0 atom stereocenters. The topological polar surface area (TPSA) is 80.2 Å². The zero-order valence-electron chi connectivity index (χ0n) is 10.9. The Balaban J connectivity index is 2.24. The van der Waals surface area contributed by atoms with Gasteiger partial charge in [0.2, 0.25) is 0 Å². The van der Waals surface area contributed by atoms with Gasteiger partial charge in [0.1, 0.15) is 11.6 Å². The molecular formula is C12H20ClN5O. The average Bonchev–Trinajstić information content (AvgIpc) is 2.44. The number of carbonyl (C=O) groups excluding carboxylic acids is 1. The molecule has 0 saturated carbocycles. The van der Waals surface area contributed by atoms with Crippen molar-refractivity contribution in [3.63, 3.8) is 0 Å². The van der Waals surface area contributed by atoms with E-state index in [-0.39, 0.29) is 11.5 Å². The lowest BCUT2D eigenvalue weighted by Crippen LogP contribution is -2.46. The van der Waals surface area contributed by atoms with E-state index < -0.39 is 0 Å². The van der Waals surface area contributed by atoms with E-state index in [4.69, 9.17) is 16.9 Å². The number of hydrogen-bond donors (Lipinski definition) is 3. The van der Waals surface area contributed by atoms with E-state index in [0.29, 0.717) is 19.0 Å². The monoisotopic (exact) mass is 285 g/mol. The Morgan fingerprint density at radius 2 is 2.16 bits per heavy atom. The lowest BCUT2D eigenvalue weighted by atomic mass is 10.3. The first kappa shape index (κ1) is 15.8. The van der Waals surface area contributed by atoms with Gasteiger partial charge in [-0.1, -0.05) is 0 Å². The SMILES string of the molecule is N#C/C(=C/NCCCl)C(=O)NCCN1CCNCC1. The van der Waals surface area contributed by atoms with Gasteiger partial charge in [0, 0.05) is 57.9 Å². The summed E-state index contributed by atoms with van der Waals surface area (Å²) in [6.45, 7) is 5.84. The van der Waals surface area contributed by atoms with Crippen molar-refractivity contribution in [2.45, 2.75) is 0 Å². The van der Waals surface area contributed by atoms with Crippen LogP contribution in [0.5, 0.6) is 0 Å². The smallest absolute Gasteiger partial charge is 0.263 e. The molecule has 1 rings (SSSR count). The van der Waals surface area contributed by atoms with Gasteiger partial charge in [-0.15, -0.1) is 11.6 Å². The minimum Gasteiger partial charge on any atom is -0.388 e. The van der Waals surface area contributed by atoms with Crippen LogP contribution >= 0.6 is 11.6 Å². The van der Waals surface area contributed by atoms with Crippen molar-refractivity contribution in [2.75, 3.05) is 51.7 Å². The van der Waals surface area contributed by atoms with Gasteiger partial charge in [-0.3, -0.25) is 9.69 Å². The summed E-state index contributed by atoms with van der Waals surface area (Å²) in [4.78, 5) is 14.0. The van der Waals surface area contributed by atoms with E-state index in [9.17, 15) is 4.79 Å². The fourth-order valence-electron chi connectivity index (χ4n) is 1.73. The highest BCUT2D eigenvalue weighted by atomic mass is 35.5. The molecule has 1 amide bonds. The number of carbonyl (C=O) groups is 1. The largest absolute Gasteiger partial charge is 0.388 e.